The smallest absolute Gasteiger partial charge is 0.274 e. The maximum atomic E-state index is 12.5. The third-order valence-electron chi connectivity index (χ3n) is 3.66. The lowest BCUT2D eigenvalue weighted by atomic mass is 10.3. The number of aryl methyl sites for hydroxylation is 1. The quantitative estimate of drug-likeness (QED) is 0.910. The van der Waals surface area contributed by atoms with E-state index in [4.69, 9.17) is 23.2 Å². The molecule has 0 saturated carbocycles. The molecule has 0 atom stereocenters. The predicted octanol–water partition coefficient (Wildman–Crippen LogP) is 3.94. The van der Waals surface area contributed by atoms with E-state index in [1.165, 1.54) is 0 Å². The Morgan fingerprint density at radius 2 is 1.96 bits per heavy atom. The summed E-state index contributed by atoms with van der Waals surface area (Å²) in [5, 5.41) is 3.45. The van der Waals surface area contributed by atoms with Crippen molar-refractivity contribution in [3.8, 4) is 0 Å². The van der Waals surface area contributed by atoms with Crippen molar-refractivity contribution >= 4 is 40.7 Å². The van der Waals surface area contributed by atoms with Gasteiger partial charge in [0.05, 0.1) is 15.7 Å². The van der Waals surface area contributed by atoms with E-state index in [0.717, 1.165) is 31.6 Å². The summed E-state index contributed by atoms with van der Waals surface area (Å²) < 4.78 is 0. The highest BCUT2D eigenvalue weighted by Gasteiger charge is 2.18. The van der Waals surface area contributed by atoms with Gasteiger partial charge in [-0.2, -0.15) is 0 Å². The van der Waals surface area contributed by atoms with Gasteiger partial charge in [0.25, 0.3) is 5.91 Å². The van der Waals surface area contributed by atoms with Crippen LogP contribution < -0.4 is 10.2 Å². The van der Waals surface area contributed by atoms with Gasteiger partial charge in [-0.05, 0) is 38.0 Å². The first-order chi connectivity index (χ1) is 11.0. The fraction of sp³-hybridized carbons (Fsp3) is 0.312. The fourth-order valence-corrected chi connectivity index (χ4v) is 2.86. The predicted molar refractivity (Wildman–Crippen MR) is 92.6 cm³/mol. The molecule has 120 valence electrons. The van der Waals surface area contributed by atoms with E-state index in [2.05, 4.69) is 20.2 Å². The third-order valence-corrected chi connectivity index (χ3v) is 4.48. The Bertz CT molecular complexity index is 745. The van der Waals surface area contributed by atoms with Gasteiger partial charge in [0.2, 0.25) is 5.95 Å². The summed E-state index contributed by atoms with van der Waals surface area (Å²) in [6, 6.07) is 6.75. The minimum Gasteiger partial charge on any atom is -0.341 e. The van der Waals surface area contributed by atoms with Gasteiger partial charge < -0.3 is 10.2 Å². The highest BCUT2D eigenvalue weighted by atomic mass is 35.5. The molecule has 1 saturated heterocycles. The number of carbonyl (C=O) groups excluding carboxylic acids is 1. The van der Waals surface area contributed by atoms with E-state index >= 15 is 0 Å². The van der Waals surface area contributed by atoms with Crippen LogP contribution in [0.3, 0.4) is 0 Å². The second-order valence-electron chi connectivity index (χ2n) is 5.44. The summed E-state index contributed by atoms with van der Waals surface area (Å²) in [5.74, 6) is 0.268. The molecule has 1 N–H and O–H groups in total. The van der Waals surface area contributed by atoms with E-state index in [-0.39, 0.29) is 5.91 Å². The molecule has 23 heavy (non-hydrogen) atoms. The van der Waals surface area contributed by atoms with Crippen LogP contribution in [0.5, 0.6) is 0 Å². The highest BCUT2D eigenvalue weighted by Crippen LogP contribution is 2.29. The van der Waals surface area contributed by atoms with Crippen molar-refractivity contribution in [1.29, 1.82) is 0 Å². The van der Waals surface area contributed by atoms with Crippen molar-refractivity contribution in [1.82, 2.24) is 9.97 Å². The molecule has 0 bridgehead atoms. The minimum atomic E-state index is -0.333. The molecule has 3 rings (SSSR count). The van der Waals surface area contributed by atoms with Crippen LogP contribution >= 0.6 is 23.2 Å². The normalized spacial score (nSPS) is 14.1. The highest BCUT2D eigenvalue weighted by molar-refractivity contribution is 6.44. The lowest BCUT2D eigenvalue weighted by molar-refractivity contribution is 0.102. The van der Waals surface area contributed by atoms with Crippen molar-refractivity contribution in [2.24, 2.45) is 0 Å². The lowest BCUT2D eigenvalue weighted by Crippen LogP contribution is -2.23. The molecule has 1 fully saturated rings. The van der Waals surface area contributed by atoms with Crippen molar-refractivity contribution < 1.29 is 4.79 Å². The maximum Gasteiger partial charge on any atom is 0.274 e. The zero-order chi connectivity index (χ0) is 16.4. The number of aromatic nitrogens is 2. The molecule has 0 radical (unpaired) electrons. The van der Waals surface area contributed by atoms with Gasteiger partial charge >= 0.3 is 0 Å². The van der Waals surface area contributed by atoms with Gasteiger partial charge in [-0.15, -0.1) is 0 Å². The number of halogens is 2. The van der Waals surface area contributed by atoms with Gasteiger partial charge in [-0.1, -0.05) is 29.3 Å². The Morgan fingerprint density at radius 1 is 1.22 bits per heavy atom. The Hall–Kier alpha value is -1.85. The molecule has 2 aromatic rings. The van der Waals surface area contributed by atoms with Crippen LogP contribution in [0.2, 0.25) is 10.0 Å². The first-order valence-corrected chi connectivity index (χ1v) is 8.16. The molecular weight excluding hydrogens is 335 g/mol. The van der Waals surface area contributed by atoms with Crippen molar-refractivity contribution in [2.75, 3.05) is 23.3 Å². The van der Waals surface area contributed by atoms with Gasteiger partial charge in [0, 0.05) is 18.8 Å². The first kappa shape index (κ1) is 16.0. The number of hydrogen-bond acceptors (Lipinski definition) is 4. The lowest BCUT2D eigenvalue weighted by Gasteiger charge is -2.16. The summed E-state index contributed by atoms with van der Waals surface area (Å²) >= 11 is 12.1. The van der Waals surface area contributed by atoms with Crippen LogP contribution in [-0.4, -0.2) is 29.0 Å². The summed E-state index contributed by atoms with van der Waals surface area (Å²) in [6.45, 7) is 3.69. The molecule has 2 heterocycles. The second kappa shape index (κ2) is 6.72. The first-order valence-electron chi connectivity index (χ1n) is 7.40. The molecular formula is C16H16Cl2N4O. The standard InChI is InChI=1S/C16H16Cl2N4O/c1-10-9-13(21-16(19-10)22-7-2-3-8-22)15(23)20-12-6-4-5-11(17)14(12)18/h4-6,9H,2-3,7-8H2,1H3,(H,20,23). The molecule has 1 aromatic heterocycles. The van der Waals surface area contributed by atoms with Gasteiger partial charge in [0.1, 0.15) is 5.69 Å². The number of anilines is 2. The second-order valence-corrected chi connectivity index (χ2v) is 6.23. The maximum absolute atomic E-state index is 12.5. The molecule has 0 unspecified atom stereocenters. The topological polar surface area (TPSA) is 58.1 Å². The summed E-state index contributed by atoms with van der Waals surface area (Å²) in [6.07, 6.45) is 2.24. The number of nitrogens with one attached hydrogen (secondary N) is 1. The van der Waals surface area contributed by atoms with Crippen LogP contribution in [0.1, 0.15) is 29.0 Å². The Morgan fingerprint density at radius 3 is 2.70 bits per heavy atom. The van der Waals surface area contributed by atoms with Crippen molar-refractivity contribution in [2.45, 2.75) is 19.8 Å². The Balaban J connectivity index is 1.85. The van der Waals surface area contributed by atoms with Crippen LogP contribution in [0.25, 0.3) is 0 Å². The number of amides is 1. The van der Waals surface area contributed by atoms with Gasteiger partial charge in [0.15, 0.2) is 0 Å². The summed E-state index contributed by atoms with van der Waals surface area (Å²) in [7, 11) is 0. The van der Waals surface area contributed by atoms with Crippen LogP contribution in [0.15, 0.2) is 24.3 Å². The number of benzene rings is 1. The third kappa shape index (κ3) is 3.57. The number of rotatable bonds is 3. The largest absolute Gasteiger partial charge is 0.341 e. The average Bonchev–Trinajstić information content (AvgIpc) is 3.05. The Labute approximate surface area is 144 Å². The molecule has 7 heteroatoms. The molecule has 0 spiro atoms. The zero-order valence-corrected chi connectivity index (χ0v) is 14.2. The van der Waals surface area contributed by atoms with Crippen molar-refractivity contribution in [3.05, 3.63) is 45.7 Å². The zero-order valence-electron chi connectivity index (χ0n) is 12.6. The Kier molecular flexibility index (Phi) is 4.68. The molecule has 0 aliphatic carbocycles. The van der Waals surface area contributed by atoms with Gasteiger partial charge in [-0.25, -0.2) is 9.97 Å². The van der Waals surface area contributed by atoms with E-state index in [1.54, 1.807) is 24.3 Å². The summed E-state index contributed by atoms with van der Waals surface area (Å²) in [4.78, 5) is 23.4. The minimum absolute atomic E-state index is 0.313. The molecule has 1 aliphatic heterocycles. The van der Waals surface area contributed by atoms with Crippen molar-refractivity contribution in [3.63, 3.8) is 0 Å². The number of hydrogen-bond donors (Lipinski definition) is 1. The van der Waals surface area contributed by atoms with E-state index in [1.807, 2.05) is 6.92 Å². The monoisotopic (exact) mass is 350 g/mol. The molecule has 5 nitrogen and oxygen atoms in total. The van der Waals surface area contributed by atoms with E-state index in [9.17, 15) is 4.79 Å². The number of nitrogens with zero attached hydrogens (tertiary/aromatic N) is 3. The molecule has 1 aromatic carbocycles. The molecule has 1 amide bonds. The summed E-state index contributed by atoms with van der Waals surface area (Å²) in [5.41, 5.74) is 1.53. The van der Waals surface area contributed by atoms with Gasteiger partial charge in [-0.3, -0.25) is 4.79 Å². The fourth-order valence-electron chi connectivity index (χ4n) is 2.51. The van der Waals surface area contributed by atoms with Crippen LogP contribution in [0, 0.1) is 6.92 Å². The molecule has 1 aliphatic rings. The average molecular weight is 351 g/mol. The SMILES string of the molecule is Cc1cc(C(=O)Nc2cccc(Cl)c2Cl)nc(N2CCCC2)n1. The van der Waals surface area contributed by atoms with Crippen LogP contribution in [-0.2, 0) is 0 Å². The number of carbonyl (C=O) groups is 1. The van der Waals surface area contributed by atoms with Crippen LogP contribution in [0.4, 0.5) is 11.6 Å². The van der Waals surface area contributed by atoms with E-state index < -0.39 is 0 Å². The van der Waals surface area contributed by atoms with E-state index in [0.29, 0.717) is 27.4 Å².